The highest BCUT2D eigenvalue weighted by atomic mass is 19.1. The first-order chi connectivity index (χ1) is 7.84. The maximum Gasteiger partial charge on any atom is 0.178 e. The summed E-state index contributed by atoms with van der Waals surface area (Å²) in [5, 5.41) is 8.96. The first-order valence-electron chi connectivity index (χ1n) is 5.27. The zero-order chi connectivity index (χ0) is 13.1. The van der Waals surface area contributed by atoms with Crippen LogP contribution >= 0.6 is 0 Å². The van der Waals surface area contributed by atoms with Gasteiger partial charge in [-0.1, -0.05) is 32.9 Å². The molecule has 0 saturated carbocycles. The normalized spacial score (nSPS) is 12.1. The van der Waals surface area contributed by atoms with Crippen LogP contribution in [0.4, 0.5) is 4.39 Å². The van der Waals surface area contributed by atoms with Crippen LogP contribution in [-0.2, 0) is 4.79 Å². The number of Topliss-reactive ketones (excluding diaryl/α,β-unsaturated/α-hetero) is 1. The molecule has 0 amide bonds. The van der Waals surface area contributed by atoms with Crippen molar-refractivity contribution in [3.63, 3.8) is 0 Å². The monoisotopic (exact) mass is 231 g/mol. The fourth-order valence-electron chi connectivity index (χ4n) is 1.32. The lowest BCUT2D eigenvalue weighted by molar-refractivity contribution is -0.121. The molecule has 0 heterocycles. The van der Waals surface area contributed by atoms with Crippen molar-refractivity contribution in [2.45, 2.75) is 20.8 Å². The standard InChI is InChI=1S/C14H14FNO/c1-14(2,3)13(17)11(9-16)7-10-5-4-6-12(15)8-10/h4-8H,1-3H3/b11-7-. The van der Waals surface area contributed by atoms with Crippen LogP contribution in [0.25, 0.3) is 6.08 Å². The quantitative estimate of drug-likeness (QED) is 0.578. The van der Waals surface area contributed by atoms with Gasteiger partial charge in [0.05, 0.1) is 5.57 Å². The van der Waals surface area contributed by atoms with Gasteiger partial charge in [0.1, 0.15) is 11.9 Å². The third-order valence-corrected chi connectivity index (χ3v) is 2.21. The zero-order valence-electron chi connectivity index (χ0n) is 10.1. The van der Waals surface area contributed by atoms with E-state index in [2.05, 4.69) is 0 Å². The Kier molecular flexibility index (Phi) is 3.80. The minimum Gasteiger partial charge on any atom is -0.293 e. The van der Waals surface area contributed by atoms with Gasteiger partial charge in [-0.25, -0.2) is 4.39 Å². The van der Waals surface area contributed by atoms with Crippen LogP contribution in [0.1, 0.15) is 26.3 Å². The Balaban J connectivity index is 3.13. The molecule has 1 aromatic carbocycles. The number of nitrogens with zero attached hydrogens (tertiary/aromatic N) is 1. The summed E-state index contributed by atoms with van der Waals surface area (Å²) in [6, 6.07) is 7.65. The molecule has 17 heavy (non-hydrogen) atoms. The Morgan fingerprint density at radius 2 is 2.06 bits per heavy atom. The first kappa shape index (κ1) is 13.1. The molecular formula is C14H14FNO. The summed E-state index contributed by atoms with van der Waals surface area (Å²) in [7, 11) is 0. The van der Waals surface area contributed by atoms with Gasteiger partial charge in [0, 0.05) is 5.41 Å². The summed E-state index contributed by atoms with van der Waals surface area (Å²) >= 11 is 0. The SMILES string of the molecule is CC(C)(C)C(=O)/C(C#N)=C\c1cccc(F)c1. The molecule has 0 spiro atoms. The maximum absolute atomic E-state index is 13.0. The molecule has 1 rings (SSSR count). The predicted molar refractivity (Wildman–Crippen MR) is 64.5 cm³/mol. The lowest BCUT2D eigenvalue weighted by atomic mass is 9.86. The van der Waals surface area contributed by atoms with Crippen molar-refractivity contribution in [1.29, 1.82) is 5.26 Å². The minimum absolute atomic E-state index is 0.0445. The van der Waals surface area contributed by atoms with Crippen molar-refractivity contribution < 1.29 is 9.18 Å². The lowest BCUT2D eigenvalue weighted by Gasteiger charge is -2.15. The molecule has 0 aliphatic rings. The maximum atomic E-state index is 13.0. The molecule has 88 valence electrons. The van der Waals surface area contributed by atoms with E-state index in [1.54, 1.807) is 26.8 Å². The van der Waals surface area contributed by atoms with Crippen molar-refractivity contribution in [3.05, 3.63) is 41.2 Å². The van der Waals surface area contributed by atoms with Crippen LogP contribution in [0.3, 0.4) is 0 Å². The summed E-state index contributed by atoms with van der Waals surface area (Å²) in [6.45, 7) is 5.23. The van der Waals surface area contributed by atoms with Crippen LogP contribution in [0, 0.1) is 22.6 Å². The highest BCUT2D eigenvalue weighted by Gasteiger charge is 2.24. The summed E-state index contributed by atoms with van der Waals surface area (Å²) in [4.78, 5) is 11.9. The molecule has 0 bridgehead atoms. The highest BCUT2D eigenvalue weighted by molar-refractivity contribution is 6.06. The van der Waals surface area contributed by atoms with E-state index in [0.29, 0.717) is 5.56 Å². The Morgan fingerprint density at radius 1 is 1.41 bits per heavy atom. The minimum atomic E-state index is -0.616. The molecule has 0 fully saturated rings. The summed E-state index contributed by atoms with van der Waals surface area (Å²) in [5.41, 5.74) is -0.0585. The second kappa shape index (κ2) is 4.92. The van der Waals surface area contributed by atoms with E-state index in [1.165, 1.54) is 24.3 Å². The van der Waals surface area contributed by atoms with Crippen molar-refractivity contribution >= 4 is 11.9 Å². The van der Waals surface area contributed by atoms with Crippen molar-refractivity contribution in [2.75, 3.05) is 0 Å². The average Bonchev–Trinajstić information content (AvgIpc) is 2.24. The van der Waals surface area contributed by atoms with Crippen LogP contribution < -0.4 is 0 Å². The second-order valence-electron chi connectivity index (χ2n) is 4.80. The van der Waals surface area contributed by atoms with E-state index in [1.807, 2.05) is 6.07 Å². The third-order valence-electron chi connectivity index (χ3n) is 2.21. The summed E-state index contributed by atoms with van der Waals surface area (Å²) in [5.74, 6) is -0.636. The Labute approximate surface area is 100 Å². The van der Waals surface area contributed by atoms with Crippen LogP contribution in [0.15, 0.2) is 29.8 Å². The number of rotatable bonds is 2. The number of nitriles is 1. The van der Waals surface area contributed by atoms with Crippen LogP contribution in [0.5, 0.6) is 0 Å². The van der Waals surface area contributed by atoms with E-state index < -0.39 is 5.41 Å². The van der Waals surface area contributed by atoms with Crippen LogP contribution in [0.2, 0.25) is 0 Å². The van der Waals surface area contributed by atoms with Gasteiger partial charge in [-0.05, 0) is 23.8 Å². The number of carbonyl (C=O) groups is 1. The van der Waals surface area contributed by atoms with Crippen LogP contribution in [-0.4, -0.2) is 5.78 Å². The molecule has 0 aromatic heterocycles. The molecule has 0 aliphatic carbocycles. The number of hydrogen-bond donors (Lipinski definition) is 0. The molecule has 0 saturated heterocycles. The molecule has 0 aliphatic heterocycles. The predicted octanol–water partition coefficient (Wildman–Crippen LogP) is 3.35. The fourth-order valence-corrected chi connectivity index (χ4v) is 1.32. The Hall–Kier alpha value is -1.95. The molecule has 0 atom stereocenters. The number of ketones is 1. The van der Waals surface area contributed by atoms with E-state index in [-0.39, 0.29) is 17.2 Å². The Morgan fingerprint density at radius 3 is 2.53 bits per heavy atom. The van der Waals surface area contributed by atoms with Gasteiger partial charge in [0.25, 0.3) is 0 Å². The van der Waals surface area contributed by atoms with Gasteiger partial charge in [-0.3, -0.25) is 4.79 Å². The van der Waals surface area contributed by atoms with Gasteiger partial charge in [0.2, 0.25) is 0 Å². The lowest BCUT2D eigenvalue weighted by Crippen LogP contribution is -2.21. The fraction of sp³-hybridized carbons (Fsp3) is 0.286. The smallest absolute Gasteiger partial charge is 0.178 e. The van der Waals surface area contributed by atoms with E-state index in [4.69, 9.17) is 5.26 Å². The van der Waals surface area contributed by atoms with E-state index in [9.17, 15) is 9.18 Å². The zero-order valence-corrected chi connectivity index (χ0v) is 10.1. The van der Waals surface area contributed by atoms with E-state index in [0.717, 1.165) is 0 Å². The second-order valence-corrected chi connectivity index (χ2v) is 4.80. The van der Waals surface area contributed by atoms with Gasteiger partial charge in [-0.15, -0.1) is 0 Å². The topological polar surface area (TPSA) is 40.9 Å². The molecule has 0 unspecified atom stereocenters. The van der Waals surface area contributed by atoms with Crippen molar-refractivity contribution in [3.8, 4) is 6.07 Å². The molecule has 0 radical (unpaired) electrons. The van der Waals surface area contributed by atoms with E-state index >= 15 is 0 Å². The molecule has 0 N–H and O–H groups in total. The average molecular weight is 231 g/mol. The third kappa shape index (κ3) is 3.53. The molecule has 1 aromatic rings. The molecule has 3 heteroatoms. The number of carbonyl (C=O) groups excluding carboxylic acids is 1. The number of hydrogen-bond acceptors (Lipinski definition) is 2. The summed E-state index contributed by atoms with van der Waals surface area (Å²) in [6.07, 6.45) is 1.41. The largest absolute Gasteiger partial charge is 0.293 e. The summed E-state index contributed by atoms with van der Waals surface area (Å²) < 4.78 is 13.0. The molecule has 2 nitrogen and oxygen atoms in total. The van der Waals surface area contributed by atoms with Gasteiger partial charge in [0.15, 0.2) is 5.78 Å². The highest BCUT2D eigenvalue weighted by Crippen LogP contribution is 2.21. The van der Waals surface area contributed by atoms with Gasteiger partial charge >= 0.3 is 0 Å². The first-order valence-corrected chi connectivity index (χ1v) is 5.27. The Bertz CT molecular complexity index is 504. The van der Waals surface area contributed by atoms with Gasteiger partial charge < -0.3 is 0 Å². The molecular weight excluding hydrogens is 217 g/mol. The number of benzene rings is 1. The van der Waals surface area contributed by atoms with Crippen molar-refractivity contribution in [1.82, 2.24) is 0 Å². The number of halogens is 1. The van der Waals surface area contributed by atoms with Gasteiger partial charge in [-0.2, -0.15) is 5.26 Å². The van der Waals surface area contributed by atoms with Crippen molar-refractivity contribution in [2.24, 2.45) is 5.41 Å². The number of allylic oxidation sites excluding steroid dienone is 1.